The van der Waals surface area contributed by atoms with E-state index in [0.717, 1.165) is 5.56 Å². The van der Waals surface area contributed by atoms with Crippen molar-refractivity contribution in [3.05, 3.63) is 42.0 Å². The van der Waals surface area contributed by atoms with Gasteiger partial charge in [0.05, 0.1) is 38.2 Å². The van der Waals surface area contributed by atoms with Crippen LogP contribution in [-0.2, 0) is 21.1 Å². The van der Waals surface area contributed by atoms with Crippen LogP contribution in [-0.4, -0.2) is 63.3 Å². The number of anilines is 1. The molecule has 2 fully saturated rings. The molecule has 2 saturated heterocycles. The zero-order valence-electron chi connectivity index (χ0n) is 18.0. The number of carbonyl (C=O) groups excluding carboxylic acids is 1. The minimum Gasteiger partial charge on any atom is -0.493 e. The normalized spacial score (nSPS) is 23.6. The van der Waals surface area contributed by atoms with E-state index in [0.29, 0.717) is 33.9 Å². The Morgan fingerprint density at radius 1 is 1.09 bits per heavy atom. The van der Waals surface area contributed by atoms with Gasteiger partial charge in [-0.25, -0.2) is 8.42 Å². The van der Waals surface area contributed by atoms with Crippen LogP contribution in [0.25, 0.3) is 0 Å². The maximum Gasteiger partial charge on any atom is 0.252 e. The Kier molecular flexibility index (Phi) is 5.61. The van der Waals surface area contributed by atoms with Crippen LogP contribution in [0.3, 0.4) is 0 Å². The van der Waals surface area contributed by atoms with Gasteiger partial charge < -0.3 is 23.8 Å². The quantitative estimate of drug-likeness (QED) is 0.624. The fraction of sp³-hybridized carbons (Fsp3) is 0.364. The molecular formula is C22H22N2O7S2. The number of carbonyl (C=O) groups is 1. The summed E-state index contributed by atoms with van der Waals surface area (Å²) < 4.78 is 46.0. The Balaban J connectivity index is 1.44. The first kappa shape index (κ1) is 21.9. The molecule has 11 heteroatoms. The average Bonchev–Trinajstić information content (AvgIpc) is 3.44. The molecule has 3 aliphatic rings. The van der Waals surface area contributed by atoms with Gasteiger partial charge in [0.2, 0.25) is 6.79 Å². The number of methoxy groups -OCH3 is 2. The summed E-state index contributed by atoms with van der Waals surface area (Å²) >= 11 is 1.33. The molecule has 0 aliphatic carbocycles. The number of hydrogen-bond donors (Lipinski definition) is 0. The summed E-state index contributed by atoms with van der Waals surface area (Å²) in [7, 11) is -0.0709. The predicted octanol–water partition coefficient (Wildman–Crippen LogP) is 2.28. The second-order valence-corrected chi connectivity index (χ2v) is 11.2. The predicted molar refractivity (Wildman–Crippen MR) is 125 cm³/mol. The lowest BCUT2D eigenvalue weighted by Gasteiger charge is -2.24. The van der Waals surface area contributed by atoms with Gasteiger partial charge in [0.1, 0.15) is 0 Å². The molecule has 33 heavy (non-hydrogen) atoms. The first-order valence-electron chi connectivity index (χ1n) is 10.3. The van der Waals surface area contributed by atoms with E-state index in [-0.39, 0.29) is 41.9 Å². The molecule has 0 aromatic heterocycles. The molecule has 2 atom stereocenters. The zero-order chi connectivity index (χ0) is 23.2. The monoisotopic (exact) mass is 490 g/mol. The SMILES string of the molecule is COc1ccc(CC(=O)N=C2S[C@@H]3CS(=O)(=O)C[C@@H]3N2c2ccc3c(c2)OCO3)cc1OC. The summed E-state index contributed by atoms with van der Waals surface area (Å²) in [6.45, 7) is 0.138. The van der Waals surface area contributed by atoms with Crippen molar-refractivity contribution in [3.8, 4) is 23.0 Å². The number of hydrogen-bond acceptors (Lipinski definition) is 8. The van der Waals surface area contributed by atoms with Crippen LogP contribution in [0.1, 0.15) is 5.56 Å². The van der Waals surface area contributed by atoms with E-state index in [1.807, 2.05) is 11.0 Å². The van der Waals surface area contributed by atoms with E-state index in [2.05, 4.69) is 4.99 Å². The van der Waals surface area contributed by atoms with Gasteiger partial charge in [-0.15, -0.1) is 0 Å². The molecule has 0 unspecified atom stereocenters. The van der Waals surface area contributed by atoms with Crippen molar-refractivity contribution in [1.82, 2.24) is 0 Å². The second-order valence-electron chi connectivity index (χ2n) is 7.86. The molecule has 9 nitrogen and oxygen atoms in total. The van der Waals surface area contributed by atoms with Crippen LogP contribution in [0.2, 0.25) is 0 Å². The molecule has 0 N–H and O–H groups in total. The van der Waals surface area contributed by atoms with Crippen LogP contribution < -0.4 is 23.8 Å². The maximum atomic E-state index is 12.9. The summed E-state index contributed by atoms with van der Waals surface area (Å²) in [5.74, 6) is 2.07. The van der Waals surface area contributed by atoms with Gasteiger partial charge in [-0.2, -0.15) is 4.99 Å². The van der Waals surface area contributed by atoms with Crippen LogP contribution in [0, 0.1) is 0 Å². The third-order valence-electron chi connectivity index (χ3n) is 5.72. The number of amidine groups is 1. The highest BCUT2D eigenvalue weighted by molar-refractivity contribution is 8.16. The first-order chi connectivity index (χ1) is 15.9. The van der Waals surface area contributed by atoms with E-state index in [1.54, 1.807) is 37.4 Å². The third-order valence-corrected chi connectivity index (χ3v) is 8.93. The van der Waals surface area contributed by atoms with Crippen LogP contribution in [0.5, 0.6) is 23.0 Å². The number of ether oxygens (including phenoxy) is 4. The van der Waals surface area contributed by atoms with Crippen molar-refractivity contribution in [2.75, 3.05) is 37.4 Å². The molecule has 0 saturated carbocycles. The first-order valence-corrected chi connectivity index (χ1v) is 13.0. The molecule has 3 heterocycles. The van der Waals surface area contributed by atoms with Crippen LogP contribution in [0.4, 0.5) is 5.69 Å². The molecule has 2 aromatic carbocycles. The molecule has 0 spiro atoms. The van der Waals surface area contributed by atoms with Crippen molar-refractivity contribution < 1.29 is 32.2 Å². The van der Waals surface area contributed by atoms with Crippen molar-refractivity contribution >= 4 is 38.4 Å². The van der Waals surface area contributed by atoms with Crippen molar-refractivity contribution in [2.24, 2.45) is 4.99 Å². The topological polar surface area (TPSA) is 104 Å². The number of thioether (sulfide) groups is 1. The lowest BCUT2D eigenvalue weighted by Crippen LogP contribution is -2.37. The van der Waals surface area contributed by atoms with Crippen LogP contribution in [0.15, 0.2) is 41.4 Å². The molecular weight excluding hydrogens is 468 g/mol. The molecule has 5 rings (SSSR count). The standard InChI is InChI=1S/C22H22N2O7S2/c1-28-16-5-3-13(7-18(16)29-2)8-21(25)23-22-24(15-10-33(26,27)11-20(15)32-22)14-4-6-17-19(9-14)31-12-30-17/h3-7,9,15,20H,8,10-12H2,1-2H3/t15-,20+/m0/s1. The number of benzene rings is 2. The third kappa shape index (κ3) is 4.22. The smallest absolute Gasteiger partial charge is 0.252 e. The summed E-state index contributed by atoms with van der Waals surface area (Å²) in [6.07, 6.45) is 0.0764. The molecule has 3 aliphatic heterocycles. The Morgan fingerprint density at radius 2 is 1.88 bits per heavy atom. The van der Waals surface area contributed by atoms with E-state index in [9.17, 15) is 13.2 Å². The van der Waals surface area contributed by atoms with Gasteiger partial charge in [0, 0.05) is 17.0 Å². The van der Waals surface area contributed by atoms with Gasteiger partial charge in [0.15, 0.2) is 38.0 Å². The summed E-state index contributed by atoms with van der Waals surface area (Å²) in [4.78, 5) is 19.1. The van der Waals surface area contributed by atoms with Gasteiger partial charge in [-0.05, 0) is 29.8 Å². The molecule has 0 radical (unpaired) electrons. The van der Waals surface area contributed by atoms with Crippen molar-refractivity contribution in [2.45, 2.75) is 17.7 Å². The number of amides is 1. The second kappa shape index (κ2) is 8.45. The fourth-order valence-corrected chi connectivity index (χ4v) is 8.14. The number of sulfone groups is 1. The molecule has 2 aromatic rings. The van der Waals surface area contributed by atoms with Crippen molar-refractivity contribution in [1.29, 1.82) is 0 Å². The van der Waals surface area contributed by atoms with E-state index < -0.39 is 9.84 Å². The number of aliphatic imine (C=N–C) groups is 1. The Morgan fingerprint density at radius 3 is 2.67 bits per heavy atom. The molecule has 0 bridgehead atoms. The highest BCUT2D eigenvalue weighted by Crippen LogP contribution is 2.44. The highest BCUT2D eigenvalue weighted by atomic mass is 32.2. The minimum atomic E-state index is -3.16. The van der Waals surface area contributed by atoms with Crippen LogP contribution >= 0.6 is 11.8 Å². The summed E-state index contributed by atoms with van der Waals surface area (Å²) in [5, 5.41) is 0.303. The number of fused-ring (bicyclic) bond motifs is 2. The highest BCUT2D eigenvalue weighted by Gasteiger charge is 2.49. The zero-order valence-corrected chi connectivity index (χ0v) is 19.6. The average molecular weight is 491 g/mol. The minimum absolute atomic E-state index is 0.0159. The lowest BCUT2D eigenvalue weighted by atomic mass is 10.1. The largest absolute Gasteiger partial charge is 0.493 e. The summed E-state index contributed by atoms with van der Waals surface area (Å²) in [6, 6.07) is 10.4. The van der Waals surface area contributed by atoms with Crippen molar-refractivity contribution in [3.63, 3.8) is 0 Å². The Bertz CT molecular complexity index is 1250. The summed E-state index contributed by atoms with van der Waals surface area (Å²) in [5.41, 5.74) is 1.46. The Hall–Kier alpha value is -2.92. The molecule has 1 amide bonds. The van der Waals surface area contributed by atoms with Gasteiger partial charge in [-0.1, -0.05) is 17.8 Å². The van der Waals surface area contributed by atoms with E-state index in [4.69, 9.17) is 18.9 Å². The van der Waals surface area contributed by atoms with Gasteiger partial charge in [0.25, 0.3) is 5.91 Å². The molecule has 174 valence electrons. The van der Waals surface area contributed by atoms with E-state index in [1.165, 1.54) is 18.9 Å². The van der Waals surface area contributed by atoms with Gasteiger partial charge >= 0.3 is 0 Å². The number of nitrogens with zero attached hydrogens (tertiary/aromatic N) is 2. The maximum absolute atomic E-state index is 12.9. The van der Waals surface area contributed by atoms with Gasteiger partial charge in [-0.3, -0.25) is 4.79 Å². The number of rotatable bonds is 5. The van der Waals surface area contributed by atoms with E-state index >= 15 is 0 Å². The Labute approximate surface area is 195 Å². The fourth-order valence-electron chi connectivity index (χ4n) is 4.21. The lowest BCUT2D eigenvalue weighted by molar-refractivity contribution is -0.117.